The van der Waals surface area contributed by atoms with Crippen molar-refractivity contribution in [3.63, 3.8) is 0 Å². The Balaban J connectivity index is 3.03. The summed E-state index contributed by atoms with van der Waals surface area (Å²) < 4.78 is 0.940. The molecule has 0 bridgehead atoms. The van der Waals surface area contributed by atoms with Crippen molar-refractivity contribution in [3.8, 4) is 0 Å². The summed E-state index contributed by atoms with van der Waals surface area (Å²) in [6.45, 7) is 1.89. The zero-order valence-corrected chi connectivity index (χ0v) is 8.55. The van der Waals surface area contributed by atoms with Gasteiger partial charge >= 0.3 is 0 Å². The van der Waals surface area contributed by atoms with Crippen molar-refractivity contribution in [3.05, 3.63) is 38.9 Å². The van der Waals surface area contributed by atoms with Gasteiger partial charge in [0.1, 0.15) is 0 Å². The number of hydrogen-bond acceptors (Lipinski definition) is 2. The summed E-state index contributed by atoms with van der Waals surface area (Å²) in [6.07, 6.45) is 1.41. The van der Waals surface area contributed by atoms with Crippen LogP contribution in [-0.2, 0) is 0 Å². The molecular formula is C9H7BrN2O. The van der Waals surface area contributed by atoms with Gasteiger partial charge in [-0.1, -0.05) is 15.9 Å². The van der Waals surface area contributed by atoms with Crippen LogP contribution in [-0.4, -0.2) is 9.97 Å². The first kappa shape index (κ1) is 8.44. The molecule has 0 aliphatic carbocycles. The molecule has 0 amide bonds. The molecule has 1 aromatic heterocycles. The van der Waals surface area contributed by atoms with Crippen LogP contribution in [0.5, 0.6) is 0 Å². The molecule has 3 nitrogen and oxygen atoms in total. The number of hydrogen-bond donors (Lipinski definition) is 1. The van der Waals surface area contributed by atoms with Gasteiger partial charge < -0.3 is 4.98 Å². The summed E-state index contributed by atoms with van der Waals surface area (Å²) in [7, 11) is 0. The Labute approximate surface area is 82.9 Å². The third-order valence-corrected chi connectivity index (χ3v) is 2.36. The van der Waals surface area contributed by atoms with Crippen LogP contribution in [0.1, 0.15) is 5.56 Å². The monoisotopic (exact) mass is 238 g/mol. The van der Waals surface area contributed by atoms with E-state index in [0.29, 0.717) is 5.39 Å². The molecule has 0 aliphatic heterocycles. The lowest BCUT2D eigenvalue weighted by atomic mass is 10.1. The fourth-order valence-corrected chi connectivity index (χ4v) is 1.92. The lowest BCUT2D eigenvalue weighted by Crippen LogP contribution is -2.07. The normalized spacial score (nSPS) is 10.6. The van der Waals surface area contributed by atoms with Gasteiger partial charge in [0.25, 0.3) is 5.56 Å². The molecule has 0 spiro atoms. The van der Waals surface area contributed by atoms with Crippen LogP contribution in [0.4, 0.5) is 0 Å². The van der Waals surface area contributed by atoms with E-state index in [1.807, 2.05) is 19.1 Å². The molecule has 0 fully saturated rings. The van der Waals surface area contributed by atoms with E-state index in [1.54, 1.807) is 0 Å². The van der Waals surface area contributed by atoms with Crippen molar-refractivity contribution in [1.82, 2.24) is 9.97 Å². The third-order valence-electron chi connectivity index (χ3n) is 1.91. The smallest absolute Gasteiger partial charge is 0.258 e. The van der Waals surface area contributed by atoms with E-state index in [4.69, 9.17) is 0 Å². The maximum absolute atomic E-state index is 11.4. The first-order valence-corrected chi connectivity index (χ1v) is 4.61. The minimum atomic E-state index is -0.0880. The van der Waals surface area contributed by atoms with E-state index >= 15 is 0 Å². The predicted octanol–water partition coefficient (Wildman–Crippen LogP) is 1.99. The van der Waals surface area contributed by atoms with E-state index in [0.717, 1.165) is 15.6 Å². The first-order chi connectivity index (χ1) is 6.18. The van der Waals surface area contributed by atoms with Crippen LogP contribution in [0.25, 0.3) is 10.9 Å². The molecule has 1 aromatic carbocycles. The minimum absolute atomic E-state index is 0.0880. The quantitative estimate of drug-likeness (QED) is 0.764. The van der Waals surface area contributed by atoms with Crippen molar-refractivity contribution >= 4 is 26.8 Å². The first-order valence-electron chi connectivity index (χ1n) is 3.82. The maximum Gasteiger partial charge on any atom is 0.258 e. The van der Waals surface area contributed by atoms with Gasteiger partial charge in [-0.05, 0) is 24.6 Å². The van der Waals surface area contributed by atoms with Crippen molar-refractivity contribution < 1.29 is 0 Å². The van der Waals surface area contributed by atoms with E-state index < -0.39 is 0 Å². The van der Waals surface area contributed by atoms with Gasteiger partial charge in [0.2, 0.25) is 0 Å². The average molecular weight is 239 g/mol. The Bertz CT molecular complexity index is 518. The molecule has 4 heteroatoms. The molecule has 1 N–H and O–H groups in total. The van der Waals surface area contributed by atoms with E-state index in [-0.39, 0.29) is 5.56 Å². The van der Waals surface area contributed by atoms with Gasteiger partial charge in [-0.2, -0.15) is 0 Å². The van der Waals surface area contributed by atoms with Crippen LogP contribution in [0.2, 0.25) is 0 Å². The van der Waals surface area contributed by atoms with Gasteiger partial charge in [-0.15, -0.1) is 0 Å². The maximum atomic E-state index is 11.4. The summed E-state index contributed by atoms with van der Waals surface area (Å²) in [4.78, 5) is 18.0. The second kappa shape index (κ2) is 2.96. The predicted molar refractivity (Wildman–Crippen MR) is 54.8 cm³/mol. The molecule has 2 rings (SSSR count). The van der Waals surface area contributed by atoms with Crippen LogP contribution in [0.15, 0.2) is 27.7 Å². The number of aromatic nitrogens is 2. The molecule has 0 aliphatic rings. The van der Waals surface area contributed by atoms with Gasteiger partial charge in [-0.3, -0.25) is 4.79 Å². The minimum Gasteiger partial charge on any atom is -0.313 e. The molecule has 0 atom stereocenters. The van der Waals surface area contributed by atoms with Crippen molar-refractivity contribution in [1.29, 1.82) is 0 Å². The molecular weight excluding hydrogens is 232 g/mol. The Kier molecular flexibility index (Phi) is 1.92. The fraction of sp³-hybridized carbons (Fsp3) is 0.111. The Hall–Kier alpha value is -1.16. The highest BCUT2D eigenvalue weighted by atomic mass is 79.9. The lowest BCUT2D eigenvalue weighted by Gasteiger charge is -2.00. The van der Waals surface area contributed by atoms with Crippen molar-refractivity contribution in [2.24, 2.45) is 0 Å². The molecule has 0 radical (unpaired) electrons. The highest BCUT2D eigenvalue weighted by molar-refractivity contribution is 9.10. The molecule has 13 heavy (non-hydrogen) atoms. The SMILES string of the molecule is Cc1cc(Br)cc2nc[nH]c(=O)c12. The summed E-state index contributed by atoms with van der Waals surface area (Å²) in [5.41, 5.74) is 1.56. The Morgan fingerprint density at radius 2 is 2.23 bits per heavy atom. The summed E-state index contributed by atoms with van der Waals surface area (Å²) in [5.74, 6) is 0. The number of nitrogens with zero attached hydrogens (tertiary/aromatic N) is 1. The number of aromatic amines is 1. The molecule has 1 heterocycles. The number of aryl methyl sites for hydroxylation is 1. The van der Waals surface area contributed by atoms with Crippen LogP contribution in [0.3, 0.4) is 0 Å². The number of halogens is 1. The summed E-state index contributed by atoms with van der Waals surface area (Å²) in [6, 6.07) is 3.73. The van der Waals surface area contributed by atoms with E-state index in [9.17, 15) is 4.79 Å². The number of H-pyrrole nitrogens is 1. The standard InChI is InChI=1S/C9H7BrN2O/c1-5-2-6(10)3-7-8(5)9(13)12-4-11-7/h2-4H,1H3,(H,11,12,13). The van der Waals surface area contributed by atoms with E-state index in [2.05, 4.69) is 25.9 Å². The molecule has 66 valence electrons. The van der Waals surface area contributed by atoms with Gasteiger partial charge in [0.05, 0.1) is 17.2 Å². The second-order valence-electron chi connectivity index (χ2n) is 2.85. The number of benzene rings is 1. The molecule has 0 saturated carbocycles. The van der Waals surface area contributed by atoms with Gasteiger partial charge in [0.15, 0.2) is 0 Å². The highest BCUT2D eigenvalue weighted by Gasteiger charge is 2.03. The Morgan fingerprint density at radius 1 is 1.46 bits per heavy atom. The zero-order valence-electron chi connectivity index (χ0n) is 6.97. The van der Waals surface area contributed by atoms with Crippen LogP contribution in [0, 0.1) is 6.92 Å². The number of fused-ring (bicyclic) bond motifs is 1. The summed E-state index contributed by atoms with van der Waals surface area (Å²) >= 11 is 3.36. The summed E-state index contributed by atoms with van der Waals surface area (Å²) in [5, 5.41) is 0.658. The van der Waals surface area contributed by atoms with E-state index in [1.165, 1.54) is 6.33 Å². The molecule has 2 aromatic rings. The average Bonchev–Trinajstić information content (AvgIpc) is 2.02. The lowest BCUT2D eigenvalue weighted by molar-refractivity contribution is 1.16. The van der Waals surface area contributed by atoms with Crippen LogP contribution >= 0.6 is 15.9 Å². The van der Waals surface area contributed by atoms with Gasteiger partial charge in [0, 0.05) is 4.47 Å². The topological polar surface area (TPSA) is 45.8 Å². The van der Waals surface area contributed by atoms with Crippen LogP contribution < -0.4 is 5.56 Å². The second-order valence-corrected chi connectivity index (χ2v) is 3.76. The fourth-order valence-electron chi connectivity index (χ4n) is 1.36. The number of nitrogens with one attached hydrogen (secondary N) is 1. The number of rotatable bonds is 0. The molecule has 0 saturated heterocycles. The zero-order chi connectivity index (χ0) is 9.42. The van der Waals surface area contributed by atoms with Crippen molar-refractivity contribution in [2.45, 2.75) is 6.92 Å². The molecule has 0 unspecified atom stereocenters. The van der Waals surface area contributed by atoms with Gasteiger partial charge in [-0.25, -0.2) is 4.98 Å². The Morgan fingerprint density at radius 3 is 3.00 bits per heavy atom. The largest absolute Gasteiger partial charge is 0.313 e. The third kappa shape index (κ3) is 1.37. The highest BCUT2D eigenvalue weighted by Crippen LogP contribution is 2.18. The van der Waals surface area contributed by atoms with Crippen molar-refractivity contribution in [2.75, 3.05) is 0 Å².